The van der Waals surface area contributed by atoms with E-state index < -0.39 is 17.6 Å². The first-order valence-electron chi connectivity index (χ1n) is 5.44. The third kappa shape index (κ3) is 3.18. The Bertz CT molecular complexity index is 652. The first kappa shape index (κ1) is 15.0. The molecule has 8 heteroatoms. The molecule has 0 amide bonds. The fraction of sp³-hybridized carbons (Fsp3) is 0.167. The summed E-state index contributed by atoms with van der Waals surface area (Å²) in [4.78, 5) is 14.7. The highest BCUT2D eigenvalue weighted by atomic mass is 79.9. The van der Waals surface area contributed by atoms with E-state index in [1.54, 1.807) is 6.92 Å². The van der Waals surface area contributed by atoms with Crippen LogP contribution in [0.15, 0.2) is 28.0 Å². The van der Waals surface area contributed by atoms with Crippen molar-refractivity contribution in [3.8, 4) is 5.69 Å². The maximum atomic E-state index is 13.9. The number of imidazole rings is 1. The molecule has 2 aromatic rings. The lowest BCUT2D eigenvalue weighted by Crippen LogP contribution is -2.04. The summed E-state index contributed by atoms with van der Waals surface area (Å²) in [5.74, 6) is -2.78. The number of halogens is 3. The van der Waals surface area contributed by atoms with Crippen LogP contribution >= 0.6 is 27.7 Å². The van der Waals surface area contributed by atoms with Crippen LogP contribution in [0.25, 0.3) is 5.69 Å². The van der Waals surface area contributed by atoms with Gasteiger partial charge >= 0.3 is 5.97 Å². The summed E-state index contributed by atoms with van der Waals surface area (Å²) >= 11 is 3.91. The lowest BCUT2D eigenvalue weighted by molar-refractivity contribution is -0.133. The highest BCUT2D eigenvalue weighted by Crippen LogP contribution is 2.28. The second-order valence-corrected chi connectivity index (χ2v) is 5.79. The van der Waals surface area contributed by atoms with Gasteiger partial charge in [0.2, 0.25) is 0 Å². The van der Waals surface area contributed by atoms with Gasteiger partial charge in [0.05, 0.1) is 11.4 Å². The first-order chi connectivity index (χ1) is 9.38. The summed E-state index contributed by atoms with van der Waals surface area (Å²) in [5, 5.41) is 8.90. The molecule has 4 nitrogen and oxygen atoms in total. The Morgan fingerprint density at radius 1 is 1.45 bits per heavy atom. The Kier molecular flexibility index (Phi) is 4.44. The number of carboxylic acid groups (broad SMARTS) is 1. The van der Waals surface area contributed by atoms with Crippen molar-refractivity contribution >= 4 is 33.7 Å². The molecule has 1 N–H and O–H groups in total. The van der Waals surface area contributed by atoms with E-state index in [1.807, 2.05) is 0 Å². The number of benzene rings is 1. The Labute approximate surface area is 125 Å². The molecule has 106 valence electrons. The number of hydrogen-bond acceptors (Lipinski definition) is 3. The molecule has 0 atom stereocenters. The third-order valence-corrected chi connectivity index (χ3v) is 3.74. The quantitative estimate of drug-likeness (QED) is 0.846. The average molecular weight is 363 g/mol. The average Bonchev–Trinajstić information content (AvgIpc) is 2.66. The Morgan fingerprint density at radius 2 is 2.05 bits per heavy atom. The lowest BCUT2D eigenvalue weighted by atomic mass is 10.3. The van der Waals surface area contributed by atoms with E-state index in [2.05, 4.69) is 20.9 Å². The fourth-order valence-corrected chi connectivity index (χ4v) is 2.77. The number of rotatable bonds is 4. The van der Waals surface area contributed by atoms with E-state index >= 15 is 0 Å². The predicted molar refractivity (Wildman–Crippen MR) is 74.3 cm³/mol. The topological polar surface area (TPSA) is 55.1 Å². The summed E-state index contributed by atoms with van der Waals surface area (Å²) in [6.45, 7) is 1.66. The number of carboxylic acids is 1. The first-order valence-corrected chi connectivity index (χ1v) is 7.22. The molecule has 0 fully saturated rings. The molecule has 1 heterocycles. The Hall–Kier alpha value is -1.41. The minimum atomic E-state index is -1.03. The largest absolute Gasteiger partial charge is 0.481 e. The van der Waals surface area contributed by atoms with Crippen LogP contribution in [0.4, 0.5) is 8.78 Å². The number of aromatic nitrogens is 2. The zero-order valence-electron chi connectivity index (χ0n) is 10.2. The van der Waals surface area contributed by atoms with Crippen LogP contribution in [0.5, 0.6) is 0 Å². The molecule has 1 aromatic heterocycles. The minimum Gasteiger partial charge on any atom is -0.481 e. The van der Waals surface area contributed by atoms with Crippen molar-refractivity contribution in [2.75, 3.05) is 5.75 Å². The van der Waals surface area contributed by atoms with Crippen molar-refractivity contribution in [3.05, 3.63) is 40.1 Å². The van der Waals surface area contributed by atoms with Crippen molar-refractivity contribution in [2.45, 2.75) is 12.1 Å². The maximum Gasteiger partial charge on any atom is 0.313 e. The van der Waals surface area contributed by atoms with Gasteiger partial charge in [0.1, 0.15) is 5.69 Å². The van der Waals surface area contributed by atoms with Crippen molar-refractivity contribution in [2.24, 2.45) is 0 Å². The molecule has 1 aromatic carbocycles. The molecule has 0 aliphatic heterocycles. The molecule has 0 unspecified atom stereocenters. The van der Waals surface area contributed by atoms with Gasteiger partial charge in [-0.15, -0.1) is 0 Å². The molecule has 20 heavy (non-hydrogen) atoms. The smallest absolute Gasteiger partial charge is 0.313 e. The molecule has 0 radical (unpaired) electrons. The molecule has 0 aliphatic rings. The van der Waals surface area contributed by atoms with Crippen LogP contribution in [-0.4, -0.2) is 26.4 Å². The van der Waals surface area contributed by atoms with Gasteiger partial charge in [-0.3, -0.25) is 9.36 Å². The molecule has 0 saturated heterocycles. The maximum absolute atomic E-state index is 13.9. The van der Waals surface area contributed by atoms with E-state index in [-0.39, 0.29) is 21.1 Å². The number of aryl methyl sites for hydroxylation is 1. The van der Waals surface area contributed by atoms with Gasteiger partial charge in [-0.2, -0.15) is 0 Å². The van der Waals surface area contributed by atoms with E-state index in [4.69, 9.17) is 5.11 Å². The van der Waals surface area contributed by atoms with Crippen LogP contribution in [0.1, 0.15) is 5.69 Å². The van der Waals surface area contributed by atoms with Crippen molar-refractivity contribution < 1.29 is 18.7 Å². The molecule has 0 spiro atoms. The number of hydrogen-bond donors (Lipinski definition) is 1. The zero-order valence-corrected chi connectivity index (χ0v) is 12.6. The second kappa shape index (κ2) is 5.92. The number of carbonyl (C=O) groups is 1. The van der Waals surface area contributed by atoms with E-state index in [1.165, 1.54) is 10.8 Å². The van der Waals surface area contributed by atoms with Crippen molar-refractivity contribution in [3.63, 3.8) is 0 Å². The number of thioether (sulfide) groups is 1. The third-order valence-electron chi connectivity index (χ3n) is 2.34. The van der Waals surface area contributed by atoms with Crippen LogP contribution in [-0.2, 0) is 4.79 Å². The molecule has 2 rings (SSSR count). The van der Waals surface area contributed by atoms with Gasteiger partial charge in [-0.1, -0.05) is 27.7 Å². The normalized spacial score (nSPS) is 10.8. The highest BCUT2D eigenvalue weighted by molar-refractivity contribution is 9.10. The van der Waals surface area contributed by atoms with Crippen molar-refractivity contribution in [1.29, 1.82) is 0 Å². The van der Waals surface area contributed by atoms with Crippen LogP contribution in [0, 0.1) is 18.6 Å². The summed E-state index contributed by atoms with van der Waals surface area (Å²) < 4.78 is 29.4. The summed E-state index contributed by atoms with van der Waals surface area (Å²) in [6.07, 6.45) is 1.46. The van der Waals surface area contributed by atoms with Crippen LogP contribution < -0.4 is 0 Å². The minimum absolute atomic E-state index is 0.227. The van der Waals surface area contributed by atoms with Crippen molar-refractivity contribution in [1.82, 2.24) is 9.55 Å². The van der Waals surface area contributed by atoms with Gasteiger partial charge in [0, 0.05) is 10.7 Å². The number of aliphatic carboxylic acids is 1. The Balaban J connectivity index is 2.50. The zero-order chi connectivity index (χ0) is 14.9. The summed E-state index contributed by atoms with van der Waals surface area (Å²) in [6, 6.07) is 2.28. The van der Waals surface area contributed by atoms with E-state index in [0.717, 1.165) is 23.9 Å². The lowest BCUT2D eigenvalue weighted by Gasteiger charge is -2.09. The molecular weight excluding hydrogens is 354 g/mol. The molecule has 0 bridgehead atoms. The molecular formula is C12H9BrF2N2O2S. The fourth-order valence-electron chi connectivity index (χ4n) is 1.63. The van der Waals surface area contributed by atoms with Gasteiger partial charge in [0.25, 0.3) is 0 Å². The second-order valence-electron chi connectivity index (χ2n) is 3.94. The highest BCUT2D eigenvalue weighted by Gasteiger charge is 2.18. The monoisotopic (exact) mass is 362 g/mol. The predicted octanol–water partition coefficient (Wildman–Crippen LogP) is 3.40. The SMILES string of the molecule is Cc1cn(-c2c(F)cc(Br)cc2F)c(SCC(=O)O)n1. The summed E-state index contributed by atoms with van der Waals surface area (Å²) in [5.41, 5.74) is 0.265. The van der Waals surface area contributed by atoms with Gasteiger partial charge in [-0.25, -0.2) is 13.8 Å². The Morgan fingerprint density at radius 3 is 2.60 bits per heavy atom. The van der Waals surface area contributed by atoms with E-state index in [0.29, 0.717) is 5.69 Å². The molecule has 0 aliphatic carbocycles. The van der Waals surface area contributed by atoms with E-state index in [9.17, 15) is 13.6 Å². The van der Waals surface area contributed by atoms with Gasteiger partial charge < -0.3 is 5.11 Å². The van der Waals surface area contributed by atoms with Crippen LogP contribution in [0.2, 0.25) is 0 Å². The van der Waals surface area contributed by atoms with Gasteiger partial charge in [-0.05, 0) is 19.1 Å². The standard InChI is InChI=1S/C12H9BrF2N2O2S/c1-6-4-17(12(16-6)20-5-10(18)19)11-8(14)2-7(13)3-9(11)15/h2-4H,5H2,1H3,(H,18,19). The van der Waals surface area contributed by atoms with Crippen LogP contribution in [0.3, 0.4) is 0 Å². The van der Waals surface area contributed by atoms with Gasteiger partial charge in [0.15, 0.2) is 16.8 Å². The summed E-state index contributed by atoms with van der Waals surface area (Å²) in [7, 11) is 0. The number of nitrogens with zero attached hydrogens (tertiary/aromatic N) is 2. The molecule has 0 saturated carbocycles.